The van der Waals surface area contributed by atoms with E-state index in [1.165, 1.54) is 16.5 Å². The van der Waals surface area contributed by atoms with Crippen LogP contribution in [0.4, 0.5) is 10.5 Å². The highest BCUT2D eigenvalue weighted by Crippen LogP contribution is 2.35. The maximum atomic E-state index is 13.0. The van der Waals surface area contributed by atoms with Gasteiger partial charge in [0.05, 0.1) is 0 Å². The molecule has 4 rings (SSSR count). The summed E-state index contributed by atoms with van der Waals surface area (Å²) in [5.74, 6) is -0.142. The molecule has 2 aliphatic rings. The number of hydrogen-bond acceptors (Lipinski definition) is 3. The number of anilines is 1. The highest BCUT2D eigenvalue weighted by Gasteiger charge is 2.36. The van der Waals surface area contributed by atoms with Gasteiger partial charge in [0.2, 0.25) is 5.91 Å². The Kier molecular flexibility index (Phi) is 4.33. The molecule has 0 bridgehead atoms. The second-order valence-electron chi connectivity index (χ2n) is 8.43. The molecule has 0 saturated carbocycles. The van der Waals surface area contributed by atoms with E-state index in [0.717, 1.165) is 30.3 Å². The minimum Gasteiger partial charge on any atom is -0.444 e. The van der Waals surface area contributed by atoms with Crippen molar-refractivity contribution < 1.29 is 14.3 Å². The number of likely N-dealkylation sites (tertiary alicyclic amines) is 1. The summed E-state index contributed by atoms with van der Waals surface area (Å²) in [6.45, 7) is 6.06. The van der Waals surface area contributed by atoms with Crippen molar-refractivity contribution >= 4 is 28.5 Å². The van der Waals surface area contributed by atoms with Crippen LogP contribution in [0.5, 0.6) is 0 Å². The molecule has 142 valence electrons. The molecule has 0 aromatic heterocycles. The Hall–Kier alpha value is -2.56. The molecule has 1 N–H and O–H groups in total. The molecular formula is C22H26N2O3. The maximum Gasteiger partial charge on any atom is 0.410 e. The summed E-state index contributed by atoms with van der Waals surface area (Å²) in [6.07, 6.45) is 3.16. The zero-order chi connectivity index (χ0) is 19.2. The van der Waals surface area contributed by atoms with Gasteiger partial charge in [0.25, 0.3) is 0 Å². The van der Waals surface area contributed by atoms with E-state index in [0.29, 0.717) is 13.0 Å². The van der Waals surface area contributed by atoms with Crippen molar-refractivity contribution in [3.8, 4) is 0 Å². The number of benzene rings is 2. The summed E-state index contributed by atoms with van der Waals surface area (Å²) in [7, 11) is 0. The van der Waals surface area contributed by atoms with Gasteiger partial charge in [-0.2, -0.15) is 0 Å². The lowest BCUT2D eigenvalue weighted by atomic mass is 10.0. The minimum absolute atomic E-state index is 0.142. The molecule has 0 spiro atoms. The van der Waals surface area contributed by atoms with Crippen LogP contribution in [0.25, 0.3) is 10.8 Å². The van der Waals surface area contributed by atoms with Gasteiger partial charge in [-0.1, -0.05) is 24.3 Å². The van der Waals surface area contributed by atoms with Crippen molar-refractivity contribution in [2.75, 3.05) is 11.9 Å². The molecule has 1 unspecified atom stereocenters. The van der Waals surface area contributed by atoms with Gasteiger partial charge >= 0.3 is 6.09 Å². The third-order valence-corrected chi connectivity index (χ3v) is 5.32. The van der Waals surface area contributed by atoms with Crippen molar-refractivity contribution in [2.24, 2.45) is 0 Å². The van der Waals surface area contributed by atoms with Crippen molar-refractivity contribution in [1.82, 2.24) is 4.90 Å². The van der Waals surface area contributed by atoms with E-state index in [-0.39, 0.29) is 5.91 Å². The van der Waals surface area contributed by atoms with E-state index >= 15 is 0 Å². The second-order valence-corrected chi connectivity index (χ2v) is 8.43. The summed E-state index contributed by atoms with van der Waals surface area (Å²) in [5, 5.41) is 5.42. The number of rotatable bonds is 2. The van der Waals surface area contributed by atoms with Crippen LogP contribution >= 0.6 is 0 Å². The molecule has 1 fully saturated rings. The number of hydrogen-bond donors (Lipinski definition) is 1. The van der Waals surface area contributed by atoms with Crippen molar-refractivity contribution in [2.45, 2.75) is 58.1 Å². The first-order valence-corrected chi connectivity index (χ1v) is 9.67. The van der Waals surface area contributed by atoms with E-state index in [4.69, 9.17) is 4.74 Å². The zero-order valence-corrected chi connectivity index (χ0v) is 16.2. The standard InChI is InChI=1S/C22H26N2O3/c1-22(2,3)27-21(26)24-13-5-8-18(24)20(25)23-17-12-11-15-10-9-14-6-4-7-16(17)19(14)15/h4,6-7,11-12,18H,5,8-10,13H2,1-3H3,(H,23,25). The van der Waals surface area contributed by atoms with Gasteiger partial charge in [0.1, 0.15) is 11.6 Å². The van der Waals surface area contributed by atoms with E-state index in [1.54, 1.807) is 4.90 Å². The fourth-order valence-corrected chi connectivity index (χ4v) is 4.15. The van der Waals surface area contributed by atoms with E-state index in [1.807, 2.05) is 32.9 Å². The summed E-state index contributed by atoms with van der Waals surface area (Å²) < 4.78 is 5.47. The molecule has 1 heterocycles. The Balaban J connectivity index is 1.56. The molecule has 1 saturated heterocycles. The second kappa shape index (κ2) is 6.55. The molecule has 1 aliphatic carbocycles. The van der Waals surface area contributed by atoms with Crippen LogP contribution in [-0.4, -0.2) is 35.1 Å². The monoisotopic (exact) mass is 366 g/mol. The predicted molar refractivity (Wildman–Crippen MR) is 106 cm³/mol. The zero-order valence-electron chi connectivity index (χ0n) is 16.2. The molecule has 0 radical (unpaired) electrons. The number of nitrogens with one attached hydrogen (secondary N) is 1. The van der Waals surface area contributed by atoms with Crippen molar-refractivity contribution in [3.05, 3.63) is 41.5 Å². The summed E-state index contributed by atoms with van der Waals surface area (Å²) >= 11 is 0. The Morgan fingerprint density at radius 3 is 2.59 bits per heavy atom. The predicted octanol–water partition coefficient (Wildman–Crippen LogP) is 4.28. The number of carbonyl (C=O) groups excluding carboxylic acids is 2. The van der Waals surface area contributed by atoms with Gasteiger partial charge in [-0.15, -0.1) is 0 Å². The summed E-state index contributed by atoms with van der Waals surface area (Å²) in [5.41, 5.74) is 2.93. The average molecular weight is 366 g/mol. The molecule has 1 aliphatic heterocycles. The molecule has 2 aromatic rings. The van der Waals surface area contributed by atoms with Crippen LogP contribution < -0.4 is 5.32 Å². The smallest absolute Gasteiger partial charge is 0.410 e. The topological polar surface area (TPSA) is 58.6 Å². The van der Waals surface area contributed by atoms with Gasteiger partial charge in [-0.25, -0.2) is 4.79 Å². The van der Waals surface area contributed by atoms with Crippen LogP contribution in [0.3, 0.4) is 0 Å². The molecule has 1 atom stereocenters. The van der Waals surface area contributed by atoms with Crippen LogP contribution in [0.15, 0.2) is 30.3 Å². The van der Waals surface area contributed by atoms with Crippen LogP contribution in [0.1, 0.15) is 44.7 Å². The van der Waals surface area contributed by atoms with Crippen LogP contribution in [-0.2, 0) is 22.4 Å². The Labute approximate surface area is 159 Å². The van der Waals surface area contributed by atoms with Gasteiger partial charge in [0, 0.05) is 17.6 Å². The highest BCUT2D eigenvalue weighted by molar-refractivity contribution is 6.06. The number of carbonyl (C=O) groups is 2. The van der Waals surface area contributed by atoms with Crippen molar-refractivity contribution in [3.63, 3.8) is 0 Å². The Morgan fingerprint density at radius 2 is 1.85 bits per heavy atom. The van der Waals surface area contributed by atoms with Crippen molar-refractivity contribution in [1.29, 1.82) is 0 Å². The minimum atomic E-state index is -0.571. The molecule has 2 aromatic carbocycles. The number of nitrogens with zero attached hydrogens (tertiary/aromatic N) is 1. The van der Waals surface area contributed by atoms with Gasteiger partial charge < -0.3 is 10.1 Å². The van der Waals surface area contributed by atoms with Gasteiger partial charge in [0.15, 0.2) is 0 Å². The number of amides is 2. The normalized spacial score (nSPS) is 18.8. The Bertz CT molecular complexity index is 903. The Morgan fingerprint density at radius 1 is 1.11 bits per heavy atom. The lowest BCUT2D eigenvalue weighted by molar-refractivity contribution is -0.120. The quantitative estimate of drug-likeness (QED) is 0.863. The molecule has 2 amide bonds. The lowest BCUT2D eigenvalue weighted by Gasteiger charge is -2.28. The van der Waals surface area contributed by atoms with E-state index in [9.17, 15) is 9.59 Å². The molecular weight excluding hydrogens is 340 g/mol. The fourth-order valence-electron chi connectivity index (χ4n) is 4.15. The SMILES string of the molecule is CC(C)(C)OC(=O)N1CCCC1C(=O)Nc1ccc2c3c(cccc13)CC2. The van der Waals surface area contributed by atoms with E-state index in [2.05, 4.69) is 23.5 Å². The third-order valence-electron chi connectivity index (χ3n) is 5.32. The van der Waals surface area contributed by atoms with Gasteiger partial charge in [-0.3, -0.25) is 9.69 Å². The summed E-state index contributed by atoms with van der Waals surface area (Å²) in [4.78, 5) is 27.0. The maximum absolute atomic E-state index is 13.0. The largest absolute Gasteiger partial charge is 0.444 e. The molecule has 5 heteroatoms. The van der Waals surface area contributed by atoms with Gasteiger partial charge in [-0.05, 0) is 69.0 Å². The molecule has 27 heavy (non-hydrogen) atoms. The fraction of sp³-hybridized carbons (Fsp3) is 0.455. The first-order valence-electron chi connectivity index (χ1n) is 9.67. The number of aryl methyl sites for hydroxylation is 2. The first-order chi connectivity index (χ1) is 12.8. The average Bonchev–Trinajstić information content (AvgIpc) is 3.24. The highest BCUT2D eigenvalue weighted by atomic mass is 16.6. The third kappa shape index (κ3) is 3.38. The van der Waals surface area contributed by atoms with Crippen LogP contribution in [0, 0.1) is 0 Å². The first kappa shape index (κ1) is 17.8. The number of ether oxygens (including phenoxy) is 1. The molecule has 5 nitrogen and oxygen atoms in total. The van der Waals surface area contributed by atoms with E-state index < -0.39 is 17.7 Å². The summed E-state index contributed by atoms with van der Waals surface area (Å²) in [6, 6.07) is 9.87. The van der Waals surface area contributed by atoms with Crippen LogP contribution in [0.2, 0.25) is 0 Å². The lowest BCUT2D eigenvalue weighted by Crippen LogP contribution is -2.45.